The van der Waals surface area contributed by atoms with E-state index in [2.05, 4.69) is 4.98 Å². The van der Waals surface area contributed by atoms with Crippen LogP contribution in [0.5, 0.6) is 0 Å². The second kappa shape index (κ2) is 6.08. The summed E-state index contributed by atoms with van der Waals surface area (Å²) in [5.41, 5.74) is 0.204. The second-order valence-electron chi connectivity index (χ2n) is 3.98. The molecule has 1 aromatic rings. The van der Waals surface area contributed by atoms with Crippen molar-refractivity contribution in [3.8, 4) is 0 Å². The summed E-state index contributed by atoms with van der Waals surface area (Å²) >= 11 is 5.76. The van der Waals surface area contributed by atoms with E-state index >= 15 is 0 Å². The molecule has 0 aliphatic carbocycles. The first-order chi connectivity index (χ1) is 9.10. The molecule has 0 saturated carbocycles. The van der Waals surface area contributed by atoms with E-state index in [0.29, 0.717) is 5.69 Å². The Hall–Kier alpha value is -1.83. The maximum absolute atomic E-state index is 12.4. The average molecular weight is 311 g/mol. The monoisotopic (exact) mass is 310 g/mol. The van der Waals surface area contributed by atoms with Crippen molar-refractivity contribution in [3.05, 3.63) is 28.5 Å². The van der Waals surface area contributed by atoms with Gasteiger partial charge in [0.25, 0.3) is 5.91 Å². The van der Waals surface area contributed by atoms with Crippen molar-refractivity contribution < 1.29 is 27.9 Å². The summed E-state index contributed by atoms with van der Waals surface area (Å²) in [7, 11) is 0. The van der Waals surface area contributed by atoms with Gasteiger partial charge in [-0.3, -0.25) is 14.6 Å². The highest BCUT2D eigenvalue weighted by atomic mass is 35.5. The molecule has 1 rings (SSSR count). The SMILES string of the molecule is Cc1cc(Cl)c(C(=O)N(CC(=O)O)CC(F)(F)F)cn1. The van der Waals surface area contributed by atoms with Crippen molar-refractivity contribution in [2.24, 2.45) is 0 Å². The second-order valence-corrected chi connectivity index (χ2v) is 4.38. The summed E-state index contributed by atoms with van der Waals surface area (Å²) < 4.78 is 37.1. The number of rotatable bonds is 4. The number of aromatic nitrogens is 1. The van der Waals surface area contributed by atoms with E-state index in [0.717, 1.165) is 6.20 Å². The lowest BCUT2D eigenvalue weighted by atomic mass is 10.2. The molecule has 0 fully saturated rings. The first-order valence-corrected chi connectivity index (χ1v) is 5.68. The van der Waals surface area contributed by atoms with E-state index in [-0.39, 0.29) is 15.5 Å². The number of carbonyl (C=O) groups is 2. The van der Waals surface area contributed by atoms with Gasteiger partial charge in [-0.15, -0.1) is 0 Å². The van der Waals surface area contributed by atoms with E-state index < -0.39 is 31.1 Å². The Labute approximate surface area is 117 Å². The molecule has 1 heterocycles. The third kappa shape index (κ3) is 4.69. The number of aryl methyl sites for hydroxylation is 1. The summed E-state index contributed by atoms with van der Waals surface area (Å²) in [6, 6.07) is 1.31. The quantitative estimate of drug-likeness (QED) is 0.925. The van der Waals surface area contributed by atoms with Gasteiger partial charge in [-0.2, -0.15) is 13.2 Å². The molecule has 1 aromatic heterocycles. The van der Waals surface area contributed by atoms with Crippen LogP contribution in [0.3, 0.4) is 0 Å². The Morgan fingerprint density at radius 2 is 2.05 bits per heavy atom. The van der Waals surface area contributed by atoms with E-state index in [9.17, 15) is 22.8 Å². The molecule has 0 spiro atoms. The third-order valence-electron chi connectivity index (χ3n) is 2.20. The minimum atomic E-state index is -4.71. The molecule has 20 heavy (non-hydrogen) atoms. The largest absolute Gasteiger partial charge is 0.480 e. The number of aliphatic carboxylic acids is 1. The van der Waals surface area contributed by atoms with Crippen LogP contribution in [0.4, 0.5) is 13.2 Å². The van der Waals surface area contributed by atoms with Crippen LogP contribution in [0.2, 0.25) is 5.02 Å². The number of carboxylic acids is 1. The Bertz CT molecular complexity index is 534. The van der Waals surface area contributed by atoms with Crippen LogP contribution in [0.1, 0.15) is 16.1 Å². The van der Waals surface area contributed by atoms with Crippen molar-refractivity contribution >= 4 is 23.5 Å². The molecule has 0 radical (unpaired) electrons. The molecule has 0 saturated heterocycles. The molecule has 1 N–H and O–H groups in total. The van der Waals surface area contributed by atoms with Gasteiger partial charge in [-0.25, -0.2) is 0 Å². The van der Waals surface area contributed by atoms with Gasteiger partial charge in [0, 0.05) is 11.9 Å². The minimum Gasteiger partial charge on any atom is -0.480 e. The highest BCUT2D eigenvalue weighted by Crippen LogP contribution is 2.21. The number of halogens is 4. The van der Waals surface area contributed by atoms with Gasteiger partial charge in [0.15, 0.2) is 0 Å². The fraction of sp³-hybridized carbons (Fsp3) is 0.364. The average Bonchev–Trinajstić information content (AvgIpc) is 2.24. The molecule has 0 bridgehead atoms. The lowest BCUT2D eigenvalue weighted by molar-refractivity contribution is -0.149. The summed E-state index contributed by atoms with van der Waals surface area (Å²) in [6.45, 7) is -1.17. The summed E-state index contributed by atoms with van der Waals surface area (Å²) in [5, 5.41) is 8.50. The van der Waals surface area contributed by atoms with Crippen LogP contribution >= 0.6 is 11.6 Å². The number of nitrogens with zero attached hydrogens (tertiary/aromatic N) is 2. The van der Waals surface area contributed by atoms with Crippen LogP contribution in [0.25, 0.3) is 0 Å². The fourth-order valence-electron chi connectivity index (χ4n) is 1.43. The van der Waals surface area contributed by atoms with Crippen LogP contribution < -0.4 is 0 Å². The van der Waals surface area contributed by atoms with Gasteiger partial charge in [-0.05, 0) is 13.0 Å². The molecule has 0 aliphatic heterocycles. The van der Waals surface area contributed by atoms with Gasteiger partial charge in [0.2, 0.25) is 0 Å². The van der Waals surface area contributed by atoms with E-state index in [1.165, 1.54) is 6.07 Å². The van der Waals surface area contributed by atoms with Crippen molar-refractivity contribution in [3.63, 3.8) is 0 Å². The zero-order valence-corrected chi connectivity index (χ0v) is 11.0. The molecule has 0 aromatic carbocycles. The van der Waals surface area contributed by atoms with Crippen LogP contribution in [-0.2, 0) is 4.79 Å². The fourth-order valence-corrected chi connectivity index (χ4v) is 1.72. The number of carboxylic acid groups (broad SMARTS) is 1. The zero-order chi connectivity index (χ0) is 15.5. The zero-order valence-electron chi connectivity index (χ0n) is 10.2. The number of amides is 1. The van der Waals surface area contributed by atoms with Gasteiger partial charge in [-0.1, -0.05) is 11.6 Å². The smallest absolute Gasteiger partial charge is 0.406 e. The summed E-state index contributed by atoms with van der Waals surface area (Å²) in [6.07, 6.45) is -3.69. The summed E-state index contributed by atoms with van der Waals surface area (Å²) in [4.78, 5) is 26.4. The number of hydrogen-bond donors (Lipinski definition) is 1. The van der Waals surface area contributed by atoms with Gasteiger partial charge >= 0.3 is 12.1 Å². The molecular formula is C11H10ClF3N2O3. The molecule has 9 heteroatoms. The van der Waals surface area contributed by atoms with Gasteiger partial charge in [0.1, 0.15) is 13.1 Å². The Kier molecular flexibility index (Phi) is 4.93. The first-order valence-electron chi connectivity index (χ1n) is 5.30. The van der Waals surface area contributed by atoms with Crippen LogP contribution in [-0.4, -0.2) is 46.1 Å². The lowest BCUT2D eigenvalue weighted by Crippen LogP contribution is -2.42. The predicted molar refractivity (Wildman–Crippen MR) is 63.6 cm³/mol. The molecular weight excluding hydrogens is 301 g/mol. The topological polar surface area (TPSA) is 70.5 Å². The third-order valence-corrected chi connectivity index (χ3v) is 2.52. The molecule has 0 unspecified atom stereocenters. The number of hydrogen-bond acceptors (Lipinski definition) is 3. The van der Waals surface area contributed by atoms with Crippen molar-refractivity contribution in [1.82, 2.24) is 9.88 Å². The van der Waals surface area contributed by atoms with Crippen LogP contribution in [0.15, 0.2) is 12.3 Å². The molecule has 0 atom stereocenters. The Morgan fingerprint density at radius 1 is 1.45 bits per heavy atom. The maximum Gasteiger partial charge on any atom is 0.406 e. The summed E-state index contributed by atoms with van der Waals surface area (Å²) in [5.74, 6) is -2.69. The minimum absolute atomic E-state index is 0.0833. The van der Waals surface area contributed by atoms with Crippen molar-refractivity contribution in [2.45, 2.75) is 13.1 Å². The number of pyridine rings is 1. The van der Waals surface area contributed by atoms with Crippen LogP contribution in [0, 0.1) is 6.92 Å². The van der Waals surface area contributed by atoms with Gasteiger partial charge in [0.05, 0.1) is 10.6 Å². The van der Waals surface area contributed by atoms with E-state index in [1.807, 2.05) is 0 Å². The van der Waals surface area contributed by atoms with E-state index in [4.69, 9.17) is 16.7 Å². The standard InChI is InChI=1S/C11H10ClF3N2O3/c1-6-2-8(12)7(3-16-6)10(20)17(4-9(18)19)5-11(13,14)15/h2-3H,4-5H2,1H3,(H,18,19). The molecule has 0 aliphatic rings. The van der Waals surface area contributed by atoms with Crippen molar-refractivity contribution in [2.75, 3.05) is 13.1 Å². The van der Waals surface area contributed by atoms with Crippen molar-refractivity contribution in [1.29, 1.82) is 0 Å². The Morgan fingerprint density at radius 3 is 2.50 bits per heavy atom. The molecule has 1 amide bonds. The lowest BCUT2D eigenvalue weighted by Gasteiger charge is -2.22. The first kappa shape index (κ1) is 16.2. The number of alkyl halides is 3. The van der Waals surface area contributed by atoms with E-state index in [1.54, 1.807) is 6.92 Å². The Balaban J connectivity index is 3.06. The normalized spacial score (nSPS) is 11.2. The highest BCUT2D eigenvalue weighted by Gasteiger charge is 2.34. The number of carbonyl (C=O) groups excluding carboxylic acids is 1. The molecule has 110 valence electrons. The maximum atomic E-state index is 12.4. The highest BCUT2D eigenvalue weighted by molar-refractivity contribution is 6.33. The van der Waals surface area contributed by atoms with Gasteiger partial charge < -0.3 is 10.0 Å². The predicted octanol–water partition coefficient (Wildman–Crippen LogP) is 2.13. The molecule has 5 nitrogen and oxygen atoms in total.